The van der Waals surface area contributed by atoms with Gasteiger partial charge in [0.05, 0.1) is 6.61 Å². The van der Waals surface area contributed by atoms with Crippen molar-refractivity contribution in [2.45, 2.75) is 38.8 Å². The van der Waals surface area contributed by atoms with E-state index in [1.165, 1.54) is 19.3 Å². The van der Waals surface area contributed by atoms with Crippen LogP contribution in [0.5, 0.6) is 0 Å². The molecule has 0 amide bonds. The van der Waals surface area contributed by atoms with Crippen LogP contribution in [0.15, 0.2) is 0 Å². The zero-order valence-electron chi connectivity index (χ0n) is 8.10. The average Bonchev–Trinajstić information content (AvgIpc) is 2.02. The quantitative estimate of drug-likeness (QED) is 0.646. The van der Waals surface area contributed by atoms with Crippen LogP contribution >= 0.6 is 0 Å². The van der Waals surface area contributed by atoms with Gasteiger partial charge in [0.2, 0.25) is 0 Å². The van der Waals surface area contributed by atoms with E-state index >= 15 is 0 Å². The summed E-state index contributed by atoms with van der Waals surface area (Å²) >= 11 is 0. The topological polar surface area (TPSA) is 21.3 Å². The zero-order chi connectivity index (χ0) is 8.60. The summed E-state index contributed by atoms with van der Waals surface area (Å²) in [4.78, 5) is 0. The second-order valence-corrected chi connectivity index (χ2v) is 4.54. The Hall–Kier alpha value is -0.0800. The lowest BCUT2D eigenvalue weighted by molar-refractivity contribution is -0.165. The summed E-state index contributed by atoms with van der Waals surface area (Å²) in [5, 5.41) is 3.54. The molecule has 1 saturated carbocycles. The van der Waals surface area contributed by atoms with E-state index < -0.39 is 0 Å². The first-order chi connectivity index (χ1) is 5.72. The van der Waals surface area contributed by atoms with Gasteiger partial charge in [-0.2, -0.15) is 0 Å². The van der Waals surface area contributed by atoms with E-state index in [0.717, 1.165) is 25.0 Å². The third-order valence-electron chi connectivity index (χ3n) is 3.36. The summed E-state index contributed by atoms with van der Waals surface area (Å²) < 4.78 is 5.86. The molecule has 2 aliphatic rings. The van der Waals surface area contributed by atoms with Crippen molar-refractivity contribution in [1.29, 1.82) is 0 Å². The van der Waals surface area contributed by atoms with Crippen LogP contribution in [-0.4, -0.2) is 18.9 Å². The fourth-order valence-corrected chi connectivity index (χ4v) is 1.94. The minimum atomic E-state index is 0.116. The van der Waals surface area contributed by atoms with Gasteiger partial charge in [0.25, 0.3) is 0 Å². The molecular weight excluding hydrogens is 150 g/mol. The van der Waals surface area contributed by atoms with Crippen LogP contribution in [0.1, 0.15) is 33.1 Å². The molecule has 1 aliphatic carbocycles. The van der Waals surface area contributed by atoms with Crippen LogP contribution in [0.25, 0.3) is 0 Å². The third-order valence-corrected chi connectivity index (χ3v) is 3.36. The van der Waals surface area contributed by atoms with Gasteiger partial charge in [-0.05, 0) is 31.1 Å². The Morgan fingerprint density at radius 3 is 2.50 bits per heavy atom. The van der Waals surface area contributed by atoms with Crippen LogP contribution in [-0.2, 0) is 4.74 Å². The van der Waals surface area contributed by atoms with E-state index in [-0.39, 0.29) is 5.72 Å². The molecule has 1 aliphatic heterocycles. The van der Waals surface area contributed by atoms with E-state index in [0.29, 0.717) is 0 Å². The highest BCUT2D eigenvalue weighted by molar-refractivity contribution is 4.91. The first kappa shape index (κ1) is 8.52. The summed E-state index contributed by atoms with van der Waals surface area (Å²) in [6, 6.07) is 0. The molecule has 1 spiro atoms. The van der Waals surface area contributed by atoms with E-state index in [1.54, 1.807) is 0 Å². The first-order valence-corrected chi connectivity index (χ1v) is 5.11. The number of hydrogen-bond donors (Lipinski definition) is 1. The highest BCUT2D eigenvalue weighted by Crippen LogP contribution is 2.36. The summed E-state index contributed by atoms with van der Waals surface area (Å²) in [7, 11) is 0. The van der Waals surface area contributed by atoms with Crippen LogP contribution in [0.2, 0.25) is 0 Å². The highest BCUT2D eigenvalue weighted by Gasteiger charge is 2.41. The van der Waals surface area contributed by atoms with Gasteiger partial charge >= 0.3 is 0 Å². The van der Waals surface area contributed by atoms with Gasteiger partial charge in [0.15, 0.2) is 0 Å². The largest absolute Gasteiger partial charge is 0.360 e. The van der Waals surface area contributed by atoms with Crippen molar-refractivity contribution in [1.82, 2.24) is 5.32 Å². The molecule has 1 saturated heterocycles. The molecule has 70 valence electrons. The molecule has 2 nitrogen and oxygen atoms in total. The standard InChI is InChI=1S/C10H19NO/c1-8(2)9-6-11-10(12-7-9)4-3-5-10/h8-9,11H,3-7H2,1-2H3. The predicted octanol–water partition coefficient (Wildman–Crippen LogP) is 1.76. The summed E-state index contributed by atoms with van der Waals surface area (Å²) in [6.45, 7) is 6.66. The van der Waals surface area contributed by atoms with Gasteiger partial charge in [-0.1, -0.05) is 13.8 Å². The van der Waals surface area contributed by atoms with E-state index in [2.05, 4.69) is 19.2 Å². The molecule has 0 bridgehead atoms. The second kappa shape index (κ2) is 3.00. The van der Waals surface area contributed by atoms with Crippen LogP contribution < -0.4 is 5.32 Å². The molecule has 0 aromatic heterocycles. The van der Waals surface area contributed by atoms with E-state index in [9.17, 15) is 0 Å². The summed E-state index contributed by atoms with van der Waals surface area (Å²) in [5.41, 5.74) is 0.116. The second-order valence-electron chi connectivity index (χ2n) is 4.54. The van der Waals surface area contributed by atoms with Crippen molar-refractivity contribution in [3.63, 3.8) is 0 Å². The van der Waals surface area contributed by atoms with Gasteiger partial charge in [-0.25, -0.2) is 0 Å². The SMILES string of the molecule is CC(C)C1CNC2(CCC2)OC1. The Labute approximate surface area is 74.7 Å². The number of ether oxygens (including phenoxy) is 1. The number of rotatable bonds is 1. The molecule has 12 heavy (non-hydrogen) atoms. The lowest BCUT2D eigenvalue weighted by Gasteiger charge is -2.48. The van der Waals surface area contributed by atoms with Crippen molar-refractivity contribution in [2.75, 3.05) is 13.2 Å². The monoisotopic (exact) mass is 169 g/mol. The summed E-state index contributed by atoms with van der Waals surface area (Å²) in [6.07, 6.45) is 3.77. The van der Waals surface area contributed by atoms with Crippen LogP contribution in [0, 0.1) is 11.8 Å². The molecule has 2 heteroatoms. The molecule has 0 aromatic carbocycles. The molecule has 1 heterocycles. The third kappa shape index (κ3) is 1.38. The van der Waals surface area contributed by atoms with Crippen LogP contribution in [0.4, 0.5) is 0 Å². The Kier molecular flexibility index (Phi) is 2.13. The molecule has 0 radical (unpaired) electrons. The van der Waals surface area contributed by atoms with Crippen molar-refractivity contribution in [3.05, 3.63) is 0 Å². The minimum absolute atomic E-state index is 0.116. The maximum atomic E-state index is 5.86. The van der Waals surface area contributed by atoms with Gasteiger partial charge in [0.1, 0.15) is 5.72 Å². The lowest BCUT2D eigenvalue weighted by Crippen LogP contribution is -2.59. The molecule has 2 fully saturated rings. The fraction of sp³-hybridized carbons (Fsp3) is 1.00. The maximum Gasteiger partial charge on any atom is 0.119 e. The first-order valence-electron chi connectivity index (χ1n) is 5.11. The smallest absolute Gasteiger partial charge is 0.119 e. The zero-order valence-corrected chi connectivity index (χ0v) is 8.10. The van der Waals surface area contributed by atoms with Gasteiger partial charge in [-0.15, -0.1) is 0 Å². The van der Waals surface area contributed by atoms with Gasteiger partial charge in [-0.3, -0.25) is 5.32 Å². The Balaban J connectivity index is 1.84. The molecule has 1 unspecified atom stereocenters. The average molecular weight is 169 g/mol. The molecule has 1 N–H and O–H groups in total. The minimum Gasteiger partial charge on any atom is -0.360 e. The lowest BCUT2D eigenvalue weighted by atomic mass is 9.84. The van der Waals surface area contributed by atoms with Gasteiger partial charge < -0.3 is 4.74 Å². The molecule has 1 atom stereocenters. The van der Waals surface area contributed by atoms with Crippen molar-refractivity contribution >= 4 is 0 Å². The van der Waals surface area contributed by atoms with E-state index in [1.807, 2.05) is 0 Å². The molecular formula is C10H19NO. The van der Waals surface area contributed by atoms with Gasteiger partial charge in [0, 0.05) is 6.54 Å². The normalized spacial score (nSPS) is 33.8. The molecule has 2 rings (SSSR count). The number of nitrogens with one attached hydrogen (secondary N) is 1. The number of hydrogen-bond acceptors (Lipinski definition) is 2. The van der Waals surface area contributed by atoms with Crippen LogP contribution in [0.3, 0.4) is 0 Å². The maximum absolute atomic E-state index is 5.86. The predicted molar refractivity (Wildman–Crippen MR) is 48.9 cm³/mol. The summed E-state index contributed by atoms with van der Waals surface area (Å²) in [5.74, 6) is 1.46. The van der Waals surface area contributed by atoms with Crippen molar-refractivity contribution in [3.8, 4) is 0 Å². The highest BCUT2D eigenvalue weighted by atomic mass is 16.5. The Morgan fingerprint density at radius 2 is 2.17 bits per heavy atom. The fourth-order valence-electron chi connectivity index (χ4n) is 1.94. The van der Waals surface area contributed by atoms with Crippen molar-refractivity contribution < 1.29 is 4.74 Å². The van der Waals surface area contributed by atoms with E-state index in [4.69, 9.17) is 4.74 Å². The Morgan fingerprint density at radius 1 is 1.42 bits per heavy atom. The molecule has 0 aromatic rings. The Bertz CT molecular complexity index is 153. The van der Waals surface area contributed by atoms with Crippen molar-refractivity contribution in [2.24, 2.45) is 11.8 Å².